The van der Waals surface area contributed by atoms with Crippen molar-refractivity contribution in [3.63, 3.8) is 0 Å². The number of nitrogens with two attached hydrogens (primary N) is 6. The molecule has 0 spiro atoms. The second kappa shape index (κ2) is 37.1. The van der Waals surface area contributed by atoms with Gasteiger partial charge in [-0.1, -0.05) is 0 Å². The fourth-order valence-corrected chi connectivity index (χ4v) is 6.88. The number of carboxylic acids is 1. The maximum atomic E-state index is 14.1. The molecule has 23 heteroatoms. The molecule has 0 aliphatic carbocycles. The summed E-state index contributed by atoms with van der Waals surface area (Å²) in [5, 5.41) is 28.2. The molecule has 0 fully saturated rings. The highest BCUT2D eigenvalue weighted by atomic mass is 32.1. The monoisotopic (exact) mass is 932 g/mol. The number of thiol groups is 1. The van der Waals surface area contributed by atoms with Gasteiger partial charge in [-0.15, -0.1) is 0 Å². The number of carbonyl (C=O) groups is 8. The van der Waals surface area contributed by atoms with E-state index in [0.29, 0.717) is 123 Å². The van der Waals surface area contributed by atoms with Gasteiger partial charge in [0.1, 0.15) is 42.3 Å². The average Bonchev–Trinajstić information content (AvgIpc) is 3.25. The Kier molecular flexibility index (Phi) is 34.7. The van der Waals surface area contributed by atoms with Crippen LogP contribution in [0.3, 0.4) is 0 Å². The first-order valence-electron chi connectivity index (χ1n) is 22.8. The number of rotatable bonds is 39. The van der Waals surface area contributed by atoms with E-state index < -0.39 is 89.6 Å². The van der Waals surface area contributed by atoms with Crippen LogP contribution in [0.2, 0.25) is 0 Å². The molecule has 0 aromatic heterocycles. The molecule has 7 atom stereocenters. The molecule has 7 amide bonds. The number of hydrogen-bond donors (Lipinski definition) is 15. The van der Waals surface area contributed by atoms with Crippen molar-refractivity contribution in [3.05, 3.63) is 0 Å². The van der Waals surface area contributed by atoms with Crippen molar-refractivity contribution in [2.24, 2.45) is 34.4 Å². The minimum Gasteiger partial charge on any atom is -0.480 e. The van der Waals surface area contributed by atoms with Crippen LogP contribution in [-0.4, -0.2) is 140 Å². The zero-order chi connectivity index (χ0) is 48.3. The van der Waals surface area contributed by atoms with E-state index in [4.69, 9.17) is 34.4 Å². The fraction of sp³-hybridized carbons (Fsp3) is 0.805. The smallest absolute Gasteiger partial charge is 0.327 e. The summed E-state index contributed by atoms with van der Waals surface area (Å²) in [4.78, 5) is 106. The van der Waals surface area contributed by atoms with E-state index in [2.05, 4.69) is 49.8 Å². The molecule has 0 aromatic carbocycles. The maximum Gasteiger partial charge on any atom is 0.327 e. The largest absolute Gasteiger partial charge is 0.480 e. The number of aliphatic carboxylic acids is 1. The van der Waals surface area contributed by atoms with Gasteiger partial charge in [0.05, 0.1) is 0 Å². The Morgan fingerprint density at radius 3 is 0.703 bits per heavy atom. The van der Waals surface area contributed by atoms with E-state index >= 15 is 0 Å². The number of hydrogen-bond acceptors (Lipinski definition) is 15. The summed E-state index contributed by atoms with van der Waals surface area (Å²) in [6.07, 6.45) is 6.96. The second-order valence-electron chi connectivity index (χ2n) is 15.8. The Morgan fingerprint density at radius 2 is 0.547 bits per heavy atom. The summed E-state index contributed by atoms with van der Waals surface area (Å²) in [5.41, 5.74) is 34.2. The van der Waals surface area contributed by atoms with E-state index in [-0.39, 0.29) is 37.9 Å². The maximum absolute atomic E-state index is 14.1. The van der Waals surface area contributed by atoms with Crippen molar-refractivity contribution in [3.8, 4) is 0 Å². The molecular weight excluding hydrogens is 851 g/mol. The molecule has 0 saturated carbocycles. The molecule has 0 radical (unpaired) electrons. The van der Waals surface area contributed by atoms with Gasteiger partial charge in [0, 0.05) is 12.7 Å². The molecule has 0 unspecified atom stereocenters. The third-order valence-corrected chi connectivity index (χ3v) is 10.7. The van der Waals surface area contributed by atoms with Crippen molar-refractivity contribution in [1.82, 2.24) is 37.2 Å². The Hall–Kier alpha value is -4.13. The van der Waals surface area contributed by atoms with Crippen molar-refractivity contribution in [1.29, 1.82) is 0 Å². The quantitative estimate of drug-likeness (QED) is 0.0219. The van der Waals surface area contributed by atoms with Crippen LogP contribution in [0.15, 0.2) is 0 Å². The Balaban J connectivity index is 6.59. The molecule has 64 heavy (non-hydrogen) atoms. The minimum absolute atomic E-state index is 0.117. The summed E-state index contributed by atoms with van der Waals surface area (Å²) >= 11 is 4.00. The SMILES string of the molecule is CC(=O)N[C@@H](CCCCN)C(=O)N[C@@H](CCCCN)C(=O)N[C@@H](CCCCN)C(=O)N[C@@H](CCCCN)C(=O)N[C@@H](CCCCN)C(=O)N[C@@H](CCCCN)C(=O)N[C@@H](CS)C(=O)O. The molecule has 22 nitrogen and oxygen atoms in total. The van der Waals surface area contributed by atoms with Gasteiger partial charge in [-0.05, 0) is 155 Å². The predicted molar refractivity (Wildman–Crippen MR) is 248 cm³/mol. The molecule has 0 bridgehead atoms. The molecule has 0 rings (SSSR count). The van der Waals surface area contributed by atoms with Crippen LogP contribution < -0.4 is 71.6 Å². The van der Waals surface area contributed by atoms with Crippen LogP contribution >= 0.6 is 12.6 Å². The lowest BCUT2D eigenvalue weighted by Crippen LogP contribution is -2.60. The predicted octanol–water partition coefficient (Wildman–Crippen LogP) is -2.81. The third kappa shape index (κ3) is 26.6. The minimum atomic E-state index is -1.31. The molecule has 0 aromatic rings. The van der Waals surface area contributed by atoms with Crippen LogP contribution in [0.1, 0.15) is 122 Å². The highest BCUT2D eigenvalue weighted by molar-refractivity contribution is 7.80. The van der Waals surface area contributed by atoms with E-state index in [1.165, 1.54) is 6.92 Å². The van der Waals surface area contributed by atoms with E-state index in [1.807, 2.05) is 0 Å². The van der Waals surface area contributed by atoms with Crippen LogP contribution in [0.5, 0.6) is 0 Å². The van der Waals surface area contributed by atoms with Crippen LogP contribution in [0.25, 0.3) is 0 Å². The standard InChI is InChI=1S/C41H81N13O9S/c1-27(55)48-28(14-2-8-20-42)35(56)49-29(15-3-9-21-43)36(57)50-30(16-4-10-22-44)37(58)51-31(17-5-11-23-45)38(59)52-32(18-6-12-24-46)39(60)53-33(19-7-13-25-47)40(61)54-34(26-64)41(62)63/h28-34,64H,2-26,42-47H2,1H3,(H,48,55)(H,49,56)(H,50,57)(H,51,58)(H,52,59)(H,53,60)(H,54,61)(H,62,63)/t28-,29-,30-,31-,32-,33-,34-/m0/s1. The molecule has 370 valence electrons. The van der Waals surface area contributed by atoms with E-state index in [1.54, 1.807) is 0 Å². The highest BCUT2D eigenvalue weighted by Gasteiger charge is 2.33. The summed E-state index contributed by atoms with van der Waals surface area (Å²) in [6.45, 7) is 3.29. The molecule has 0 aliphatic heterocycles. The van der Waals surface area contributed by atoms with Crippen molar-refractivity contribution in [2.45, 2.75) is 165 Å². The van der Waals surface area contributed by atoms with Gasteiger partial charge in [-0.2, -0.15) is 12.6 Å². The van der Waals surface area contributed by atoms with E-state index in [0.717, 1.165) is 0 Å². The first kappa shape index (κ1) is 59.9. The average molecular weight is 932 g/mol. The van der Waals surface area contributed by atoms with Crippen molar-refractivity contribution < 1.29 is 43.5 Å². The van der Waals surface area contributed by atoms with Crippen LogP contribution in [-0.2, 0) is 38.4 Å². The molecule has 0 aliphatic rings. The van der Waals surface area contributed by atoms with Crippen molar-refractivity contribution >= 4 is 59.9 Å². The topological polar surface area (TPSA) is 397 Å². The van der Waals surface area contributed by atoms with Gasteiger partial charge in [0.25, 0.3) is 0 Å². The normalized spacial score (nSPS) is 14.4. The number of carboxylic acid groups (broad SMARTS) is 1. The van der Waals surface area contributed by atoms with Gasteiger partial charge >= 0.3 is 5.97 Å². The zero-order valence-electron chi connectivity index (χ0n) is 37.8. The van der Waals surface area contributed by atoms with Crippen molar-refractivity contribution in [2.75, 3.05) is 45.0 Å². The zero-order valence-corrected chi connectivity index (χ0v) is 38.7. The summed E-state index contributed by atoms with van der Waals surface area (Å²) in [6, 6.07) is -8.05. The molecule has 0 saturated heterocycles. The van der Waals surface area contributed by atoms with Crippen LogP contribution in [0.4, 0.5) is 0 Å². The van der Waals surface area contributed by atoms with Gasteiger partial charge in [0.15, 0.2) is 0 Å². The number of unbranched alkanes of at least 4 members (excludes halogenated alkanes) is 6. The van der Waals surface area contributed by atoms with Gasteiger partial charge in [-0.25, -0.2) is 4.79 Å². The van der Waals surface area contributed by atoms with E-state index in [9.17, 15) is 43.5 Å². The van der Waals surface area contributed by atoms with Gasteiger partial charge in [-0.3, -0.25) is 33.6 Å². The lowest BCUT2D eigenvalue weighted by atomic mass is 10.0. The first-order chi connectivity index (χ1) is 30.6. The Bertz CT molecular complexity index is 1400. The fourth-order valence-electron chi connectivity index (χ4n) is 6.63. The Morgan fingerprint density at radius 1 is 0.359 bits per heavy atom. The summed E-state index contributed by atoms with van der Waals surface area (Å²) < 4.78 is 0. The number of amides is 7. The summed E-state index contributed by atoms with van der Waals surface area (Å²) in [5.74, 6) is -6.01. The van der Waals surface area contributed by atoms with Gasteiger partial charge in [0.2, 0.25) is 41.4 Å². The van der Waals surface area contributed by atoms with Crippen LogP contribution in [0, 0.1) is 0 Å². The third-order valence-electron chi connectivity index (χ3n) is 10.3. The Labute approximate surface area is 383 Å². The number of carbonyl (C=O) groups excluding carboxylic acids is 7. The second-order valence-corrected chi connectivity index (χ2v) is 16.2. The molecule has 0 heterocycles. The summed E-state index contributed by atoms with van der Waals surface area (Å²) in [7, 11) is 0. The number of nitrogens with one attached hydrogen (secondary N) is 7. The molecule has 20 N–H and O–H groups in total. The lowest BCUT2D eigenvalue weighted by Gasteiger charge is -2.28. The highest BCUT2D eigenvalue weighted by Crippen LogP contribution is 2.11. The lowest BCUT2D eigenvalue weighted by molar-refractivity contribution is -0.141. The first-order valence-corrected chi connectivity index (χ1v) is 23.4. The molecular formula is C41H81N13O9S. The van der Waals surface area contributed by atoms with Gasteiger partial charge < -0.3 is 76.7 Å².